The van der Waals surface area contributed by atoms with E-state index in [4.69, 9.17) is 16.1 Å². The third kappa shape index (κ3) is 3.55. The summed E-state index contributed by atoms with van der Waals surface area (Å²) in [6.07, 6.45) is 0. The number of aryl methyl sites for hydroxylation is 1. The van der Waals surface area contributed by atoms with Gasteiger partial charge in [0.05, 0.1) is 0 Å². The van der Waals surface area contributed by atoms with Gasteiger partial charge in [0.1, 0.15) is 17.0 Å². The van der Waals surface area contributed by atoms with Crippen molar-refractivity contribution in [2.24, 2.45) is 0 Å². The van der Waals surface area contributed by atoms with Crippen molar-refractivity contribution in [3.63, 3.8) is 0 Å². The summed E-state index contributed by atoms with van der Waals surface area (Å²) >= 11 is 5.97. The molecule has 0 radical (unpaired) electrons. The Labute approximate surface area is 163 Å². The topological polar surface area (TPSA) is 49.6 Å². The summed E-state index contributed by atoms with van der Waals surface area (Å²) in [5.41, 5.74) is 3.18. The molecule has 2 heterocycles. The lowest BCUT2D eigenvalue weighted by molar-refractivity contribution is 0.0745. The SMILES string of the molecule is Cc1onc(-c2ccccc2)c1C(=O)N1CCN(c2ccc(Cl)cc2)CC1. The molecule has 0 aliphatic carbocycles. The summed E-state index contributed by atoms with van der Waals surface area (Å²) < 4.78 is 5.34. The van der Waals surface area contributed by atoms with Crippen LogP contribution in [0.3, 0.4) is 0 Å². The molecular formula is C21H20ClN3O2. The number of amides is 1. The van der Waals surface area contributed by atoms with Crippen LogP contribution in [0.25, 0.3) is 11.3 Å². The zero-order valence-electron chi connectivity index (χ0n) is 15.1. The Morgan fingerprint density at radius 1 is 1.00 bits per heavy atom. The average molecular weight is 382 g/mol. The van der Waals surface area contributed by atoms with Crippen molar-refractivity contribution in [2.75, 3.05) is 31.1 Å². The van der Waals surface area contributed by atoms with Crippen molar-refractivity contribution >= 4 is 23.2 Å². The molecule has 0 unspecified atom stereocenters. The molecule has 6 heteroatoms. The Hall–Kier alpha value is -2.79. The maximum atomic E-state index is 13.2. The van der Waals surface area contributed by atoms with Crippen LogP contribution in [0.4, 0.5) is 5.69 Å². The molecule has 1 aliphatic rings. The standard InChI is InChI=1S/C21H20ClN3O2/c1-15-19(20(23-27-15)16-5-3-2-4-6-16)21(26)25-13-11-24(12-14-25)18-9-7-17(22)8-10-18/h2-10H,11-14H2,1H3. The molecular weight excluding hydrogens is 362 g/mol. The molecule has 4 rings (SSSR count). The van der Waals surface area contributed by atoms with Crippen LogP contribution in [0, 0.1) is 6.92 Å². The number of carbonyl (C=O) groups excluding carboxylic acids is 1. The van der Waals surface area contributed by atoms with Gasteiger partial charge in [-0.15, -0.1) is 0 Å². The number of anilines is 1. The molecule has 2 aromatic carbocycles. The van der Waals surface area contributed by atoms with Crippen molar-refractivity contribution in [1.29, 1.82) is 0 Å². The first-order chi connectivity index (χ1) is 13.1. The van der Waals surface area contributed by atoms with Crippen LogP contribution >= 0.6 is 11.6 Å². The number of aromatic nitrogens is 1. The number of benzene rings is 2. The van der Waals surface area contributed by atoms with Gasteiger partial charge in [0, 0.05) is 42.5 Å². The van der Waals surface area contributed by atoms with Crippen LogP contribution in [0.1, 0.15) is 16.1 Å². The molecule has 0 saturated carbocycles. The highest BCUT2D eigenvalue weighted by Gasteiger charge is 2.28. The summed E-state index contributed by atoms with van der Waals surface area (Å²) in [4.78, 5) is 17.3. The second kappa shape index (κ2) is 7.45. The summed E-state index contributed by atoms with van der Waals surface area (Å²) in [6, 6.07) is 17.5. The van der Waals surface area contributed by atoms with E-state index in [1.807, 2.05) is 59.5 Å². The molecule has 1 aromatic heterocycles. The maximum absolute atomic E-state index is 13.2. The highest BCUT2D eigenvalue weighted by atomic mass is 35.5. The van der Waals surface area contributed by atoms with E-state index in [2.05, 4.69) is 10.1 Å². The second-order valence-electron chi connectivity index (χ2n) is 6.58. The molecule has 0 spiro atoms. The summed E-state index contributed by atoms with van der Waals surface area (Å²) in [5, 5.41) is 4.85. The van der Waals surface area contributed by atoms with E-state index < -0.39 is 0 Å². The lowest BCUT2D eigenvalue weighted by Gasteiger charge is -2.36. The summed E-state index contributed by atoms with van der Waals surface area (Å²) in [6.45, 7) is 4.65. The van der Waals surface area contributed by atoms with E-state index in [1.54, 1.807) is 6.92 Å². The zero-order chi connectivity index (χ0) is 18.8. The highest BCUT2D eigenvalue weighted by molar-refractivity contribution is 6.30. The number of rotatable bonds is 3. The second-order valence-corrected chi connectivity index (χ2v) is 7.02. The first-order valence-electron chi connectivity index (χ1n) is 8.95. The summed E-state index contributed by atoms with van der Waals surface area (Å²) in [5.74, 6) is 0.530. The third-order valence-electron chi connectivity index (χ3n) is 4.88. The number of piperazine rings is 1. The number of nitrogens with zero attached hydrogens (tertiary/aromatic N) is 3. The Bertz CT molecular complexity index is 930. The number of hydrogen-bond donors (Lipinski definition) is 0. The van der Waals surface area contributed by atoms with Crippen LogP contribution < -0.4 is 4.90 Å². The molecule has 1 amide bonds. The largest absolute Gasteiger partial charge is 0.368 e. The molecule has 1 fully saturated rings. The highest BCUT2D eigenvalue weighted by Crippen LogP contribution is 2.27. The van der Waals surface area contributed by atoms with Gasteiger partial charge in [-0.05, 0) is 31.2 Å². The maximum Gasteiger partial charge on any atom is 0.259 e. The fourth-order valence-corrected chi connectivity index (χ4v) is 3.52. The van der Waals surface area contributed by atoms with E-state index in [-0.39, 0.29) is 5.91 Å². The smallest absolute Gasteiger partial charge is 0.259 e. The molecule has 5 nitrogen and oxygen atoms in total. The molecule has 0 N–H and O–H groups in total. The van der Waals surface area contributed by atoms with Crippen LogP contribution in [-0.2, 0) is 0 Å². The van der Waals surface area contributed by atoms with E-state index in [0.29, 0.717) is 30.1 Å². The minimum atomic E-state index is -0.0247. The van der Waals surface area contributed by atoms with Crippen LogP contribution in [-0.4, -0.2) is 42.1 Å². The van der Waals surface area contributed by atoms with E-state index in [0.717, 1.165) is 29.4 Å². The van der Waals surface area contributed by atoms with Gasteiger partial charge in [-0.25, -0.2) is 0 Å². The average Bonchev–Trinajstić information content (AvgIpc) is 3.10. The van der Waals surface area contributed by atoms with Crippen molar-refractivity contribution in [3.8, 4) is 11.3 Å². The number of carbonyl (C=O) groups is 1. The van der Waals surface area contributed by atoms with Gasteiger partial charge in [0.25, 0.3) is 5.91 Å². The Balaban J connectivity index is 1.50. The molecule has 0 bridgehead atoms. The molecule has 1 aliphatic heterocycles. The molecule has 1 saturated heterocycles. The van der Waals surface area contributed by atoms with Crippen molar-refractivity contribution in [1.82, 2.24) is 10.1 Å². The lowest BCUT2D eigenvalue weighted by Crippen LogP contribution is -2.49. The van der Waals surface area contributed by atoms with Gasteiger partial charge in [-0.1, -0.05) is 47.1 Å². The van der Waals surface area contributed by atoms with Crippen LogP contribution in [0.2, 0.25) is 5.02 Å². The zero-order valence-corrected chi connectivity index (χ0v) is 15.8. The fraction of sp³-hybridized carbons (Fsp3) is 0.238. The minimum absolute atomic E-state index is 0.0247. The Kier molecular flexibility index (Phi) is 4.86. The van der Waals surface area contributed by atoms with Crippen LogP contribution in [0.15, 0.2) is 59.1 Å². The van der Waals surface area contributed by atoms with Gasteiger partial charge < -0.3 is 14.3 Å². The van der Waals surface area contributed by atoms with Gasteiger partial charge in [0.2, 0.25) is 0 Å². The summed E-state index contributed by atoms with van der Waals surface area (Å²) in [7, 11) is 0. The normalized spacial score (nSPS) is 14.4. The van der Waals surface area contributed by atoms with Crippen molar-refractivity contribution in [3.05, 3.63) is 70.9 Å². The predicted molar refractivity (Wildman–Crippen MR) is 106 cm³/mol. The molecule has 138 valence electrons. The van der Waals surface area contributed by atoms with Gasteiger partial charge in [0.15, 0.2) is 0 Å². The molecule has 3 aromatic rings. The number of halogens is 1. The predicted octanol–water partition coefficient (Wildman–Crippen LogP) is 4.27. The number of hydrogen-bond acceptors (Lipinski definition) is 4. The minimum Gasteiger partial charge on any atom is -0.368 e. The Morgan fingerprint density at radius 2 is 1.67 bits per heavy atom. The van der Waals surface area contributed by atoms with Crippen molar-refractivity contribution in [2.45, 2.75) is 6.92 Å². The lowest BCUT2D eigenvalue weighted by atomic mass is 10.0. The van der Waals surface area contributed by atoms with Gasteiger partial charge in [-0.2, -0.15) is 0 Å². The van der Waals surface area contributed by atoms with E-state index in [9.17, 15) is 4.79 Å². The third-order valence-corrected chi connectivity index (χ3v) is 5.13. The first-order valence-corrected chi connectivity index (χ1v) is 9.33. The molecule has 0 atom stereocenters. The Morgan fingerprint density at radius 3 is 2.33 bits per heavy atom. The van der Waals surface area contributed by atoms with E-state index in [1.165, 1.54) is 0 Å². The van der Waals surface area contributed by atoms with Gasteiger partial charge >= 0.3 is 0 Å². The van der Waals surface area contributed by atoms with Gasteiger partial charge in [-0.3, -0.25) is 4.79 Å². The van der Waals surface area contributed by atoms with Crippen LogP contribution in [0.5, 0.6) is 0 Å². The first kappa shape index (κ1) is 17.6. The van der Waals surface area contributed by atoms with E-state index >= 15 is 0 Å². The quantitative estimate of drug-likeness (QED) is 0.680. The monoisotopic (exact) mass is 381 g/mol. The fourth-order valence-electron chi connectivity index (χ4n) is 3.39. The molecule has 27 heavy (non-hydrogen) atoms. The van der Waals surface area contributed by atoms with Crippen molar-refractivity contribution < 1.29 is 9.32 Å².